The summed E-state index contributed by atoms with van der Waals surface area (Å²) in [6.07, 6.45) is 13.1. The van der Waals surface area contributed by atoms with E-state index in [1.165, 1.54) is 25.7 Å². The second kappa shape index (κ2) is 17.6. The zero-order valence-corrected chi connectivity index (χ0v) is 18.2. The molecule has 0 aromatic carbocycles. The maximum atomic E-state index is 3.49. The predicted octanol–water partition coefficient (Wildman–Crippen LogP) is 6.37. The van der Waals surface area contributed by atoms with Crippen molar-refractivity contribution in [3.8, 4) is 42.8 Å². The van der Waals surface area contributed by atoms with Crippen LogP contribution in [0, 0.1) is 42.8 Å². The quantitative estimate of drug-likeness (QED) is 0.271. The molecule has 0 unspecified atom stereocenters. The molecular weight excluding hydrogens is 315 g/mol. The van der Waals surface area contributed by atoms with Gasteiger partial charge >= 0.3 is 13.1 Å². The molecule has 0 spiro atoms. The van der Waals surface area contributed by atoms with E-state index < -0.39 is 13.1 Å². The minimum atomic E-state index is -2.78. The van der Waals surface area contributed by atoms with Gasteiger partial charge in [-0.1, -0.05) is 53.4 Å². The van der Waals surface area contributed by atoms with E-state index in [-0.39, 0.29) is 0 Å². The molecule has 25 heavy (non-hydrogen) atoms. The van der Waals surface area contributed by atoms with Gasteiger partial charge in [-0.2, -0.15) is 23.7 Å². The van der Waals surface area contributed by atoms with Crippen LogP contribution in [0.15, 0.2) is 0 Å². The van der Waals surface area contributed by atoms with Gasteiger partial charge in [0, 0.05) is 25.7 Å². The van der Waals surface area contributed by atoms with E-state index in [0.717, 1.165) is 51.4 Å². The Morgan fingerprint density at radius 2 is 0.680 bits per heavy atom. The van der Waals surface area contributed by atoms with E-state index in [9.17, 15) is 0 Å². The molecule has 0 rings (SSSR count). The van der Waals surface area contributed by atoms with Gasteiger partial charge in [-0.25, -0.2) is 0 Å². The molecule has 0 amide bonds. The highest BCUT2D eigenvalue weighted by Crippen LogP contribution is 2.03. The first-order valence-corrected chi connectivity index (χ1v) is 12.7. The van der Waals surface area contributed by atoms with Crippen molar-refractivity contribution in [2.45, 2.75) is 105 Å². The zero-order valence-electron chi connectivity index (χ0n) is 17.1. The third kappa shape index (κ3) is 13.7. The number of rotatable bonds is 8. The van der Waals surface area contributed by atoms with Crippen LogP contribution < -0.4 is 0 Å². The Hall–Kier alpha value is -1.23. The minimum absolute atomic E-state index is 0.947. The molecule has 0 aliphatic carbocycles. The summed E-state index contributed by atoms with van der Waals surface area (Å²) in [6, 6.07) is 0. The van der Waals surface area contributed by atoms with Crippen LogP contribution in [-0.4, -0.2) is 13.1 Å². The molecule has 0 aliphatic rings. The SMILES string of the molecule is CCCCC#[C][Al-]([C]#CCCCC)([C]#CCCCC)[C]#CCCCC. The normalized spacial score (nSPS) is 9.44. The third-order valence-corrected chi connectivity index (χ3v) is 6.44. The monoisotopic (exact) mass is 351 g/mol. The molecule has 0 aromatic rings. The average Bonchev–Trinajstić information content (AvgIpc) is 2.63. The predicted molar refractivity (Wildman–Crippen MR) is 115 cm³/mol. The van der Waals surface area contributed by atoms with Crippen molar-refractivity contribution >= 4 is 13.1 Å². The molecule has 0 heterocycles. The molecule has 0 saturated heterocycles. The lowest BCUT2D eigenvalue weighted by atomic mass is 10.3. The van der Waals surface area contributed by atoms with Gasteiger partial charge in [0.15, 0.2) is 0 Å². The molecule has 0 bridgehead atoms. The zero-order chi connectivity index (χ0) is 18.6. The van der Waals surface area contributed by atoms with Crippen molar-refractivity contribution in [1.29, 1.82) is 0 Å². The molecule has 0 N–H and O–H groups in total. The lowest BCUT2D eigenvalue weighted by Gasteiger charge is -2.11. The highest BCUT2D eigenvalue weighted by molar-refractivity contribution is 7.06. The van der Waals surface area contributed by atoms with E-state index in [2.05, 4.69) is 70.5 Å². The fourth-order valence-electron chi connectivity index (χ4n) is 2.18. The van der Waals surface area contributed by atoms with Crippen molar-refractivity contribution in [3.05, 3.63) is 0 Å². The van der Waals surface area contributed by atoms with Crippen LogP contribution in [-0.2, 0) is 0 Å². The smallest absolute Gasteiger partial charge is 0.311 e. The summed E-state index contributed by atoms with van der Waals surface area (Å²) >= 11 is -2.78. The van der Waals surface area contributed by atoms with Crippen molar-refractivity contribution in [1.82, 2.24) is 0 Å². The average molecular weight is 352 g/mol. The van der Waals surface area contributed by atoms with E-state index in [4.69, 9.17) is 0 Å². The first-order chi connectivity index (χ1) is 12.2. The summed E-state index contributed by atoms with van der Waals surface area (Å²) in [6.45, 7) is 8.81. The Labute approximate surface area is 160 Å². The van der Waals surface area contributed by atoms with Crippen molar-refractivity contribution < 1.29 is 0 Å². The fourth-order valence-corrected chi connectivity index (χ4v) is 4.41. The number of hydrogen-bond acceptors (Lipinski definition) is 0. The van der Waals surface area contributed by atoms with Crippen LogP contribution in [0.1, 0.15) is 105 Å². The van der Waals surface area contributed by atoms with Crippen LogP contribution in [0.2, 0.25) is 0 Å². The van der Waals surface area contributed by atoms with Gasteiger partial charge in [0.25, 0.3) is 0 Å². The Morgan fingerprint density at radius 1 is 0.440 bits per heavy atom. The Balaban J connectivity index is 5.52. The second-order valence-corrected chi connectivity index (χ2v) is 9.45. The Morgan fingerprint density at radius 3 is 0.880 bits per heavy atom. The molecule has 0 fully saturated rings. The summed E-state index contributed by atoms with van der Waals surface area (Å²) in [5.74, 6) is 13.5. The molecule has 0 nitrogen and oxygen atoms in total. The van der Waals surface area contributed by atoms with E-state index in [0.29, 0.717) is 0 Å². The van der Waals surface area contributed by atoms with E-state index >= 15 is 0 Å². The number of unbranched alkanes of at least 4 members (excludes halogenated alkanes) is 8. The molecule has 0 aromatic heterocycles. The Bertz CT molecular complexity index is 459. The highest BCUT2D eigenvalue weighted by atomic mass is 27.2. The van der Waals surface area contributed by atoms with E-state index in [1.807, 2.05) is 0 Å². The molecule has 0 aliphatic heterocycles. The van der Waals surface area contributed by atoms with Crippen LogP contribution in [0.3, 0.4) is 0 Å². The fraction of sp³-hybridized carbons (Fsp3) is 0.667. The van der Waals surface area contributed by atoms with Gasteiger partial charge < -0.3 is 19.1 Å². The first kappa shape index (κ1) is 23.8. The summed E-state index contributed by atoms with van der Waals surface area (Å²) in [5.41, 5.74) is 0. The molecule has 0 radical (unpaired) electrons. The van der Waals surface area contributed by atoms with Crippen LogP contribution in [0.4, 0.5) is 0 Å². The summed E-state index contributed by atoms with van der Waals surface area (Å²) in [4.78, 5) is 14.0. The standard InChI is InChI=1S/4C6H9.Al/c4*1-3-5-6-4-2;/h4*3,5-6H2,1H3;/q;;;;-1. The van der Waals surface area contributed by atoms with Crippen LogP contribution in [0.5, 0.6) is 0 Å². The largest absolute Gasteiger partial charge is 0.484 e. The van der Waals surface area contributed by atoms with Gasteiger partial charge in [-0.05, 0) is 25.7 Å². The minimum Gasteiger partial charge on any atom is -0.311 e. The van der Waals surface area contributed by atoms with Gasteiger partial charge in [0.1, 0.15) is 0 Å². The lowest BCUT2D eigenvalue weighted by molar-refractivity contribution is 0.827. The second-order valence-electron chi connectivity index (χ2n) is 6.56. The van der Waals surface area contributed by atoms with E-state index in [1.54, 1.807) is 0 Å². The van der Waals surface area contributed by atoms with Crippen LogP contribution in [0.25, 0.3) is 0 Å². The summed E-state index contributed by atoms with van der Waals surface area (Å²) < 4.78 is 0. The Kier molecular flexibility index (Phi) is 16.7. The number of hydrogen-bond donors (Lipinski definition) is 0. The molecule has 0 saturated carbocycles. The van der Waals surface area contributed by atoms with Crippen LogP contribution >= 0.6 is 0 Å². The third-order valence-electron chi connectivity index (χ3n) is 3.90. The topological polar surface area (TPSA) is 0 Å². The van der Waals surface area contributed by atoms with Gasteiger partial charge in [0.2, 0.25) is 0 Å². The summed E-state index contributed by atoms with van der Waals surface area (Å²) in [5, 5.41) is 0. The van der Waals surface area contributed by atoms with Crippen molar-refractivity contribution in [3.63, 3.8) is 0 Å². The highest BCUT2D eigenvalue weighted by Gasteiger charge is 2.21. The van der Waals surface area contributed by atoms with Crippen molar-refractivity contribution in [2.24, 2.45) is 0 Å². The molecular formula is C24H36Al-. The molecule has 0 atom stereocenters. The molecule has 1 heteroatoms. The maximum absolute atomic E-state index is 3.49. The maximum Gasteiger partial charge on any atom is 0.484 e. The lowest BCUT2D eigenvalue weighted by Crippen LogP contribution is -2.28. The molecule has 136 valence electrons. The summed E-state index contributed by atoms with van der Waals surface area (Å²) in [7, 11) is 0. The van der Waals surface area contributed by atoms with Gasteiger partial charge in [-0.15, -0.1) is 0 Å². The van der Waals surface area contributed by atoms with Gasteiger partial charge in [0.05, 0.1) is 0 Å². The van der Waals surface area contributed by atoms with Gasteiger partial charge in [-0.3, -0.25) is 0 Å². The van der Waals surface area contributed by atoms with Crippen molar-refractivity contribution in [2.75, 3.05) is 0 Å². The first-order valence-electron chi connectivity index (χ1n) is 10.4.